The van der Waals surface area contributed by atoms with Crippen molar-refractivity contribution in [3.63, 3.8) is 0 Å². The van der Waals surface area contributed by atoms with Crippen molar-refractivity contribution >= 4 is 5.91 Å². The largest absolute Gasteiger partial charge is 0.426 e. The number of carbonyl (C=O) groups is 1. The highest BCUT2D eigenvalue weighted by molar-refractivity contribution is 5.91. The summed E-state index contributed by atoms with van der Waals surface area (Å²) in [7, 11) is 0. The number of ether oxygens (including phenoxy) is 1. The minimum absolute atomic E-state index is 0.0534. The molecule has 1 aromatic carbocycles. The van der Waals surface area contributed by atoms with Crippen molar-refractivity contribution in [1.82, 2.24) is 4.90 Å². The maximum Gasteiger partial charge on any atom is 0.290 e. The molecule has 110 valence electrons. The first-order valence-corrected chi connectivity index (χ1v) is 7.10. The Morgan fingerprint density at radius 1 is 1.24 bits per heavy atom. The molecule has 5 heteroatoms. The Morgan fingerprint density at radius 2 is 2.05 bits per heavy atom. The van der Waals surface area contributed by atoms with E-state index in [0.29, 0.717) is 18.2 Å². The van der Waals surface area contributed by atoms with Crippen molar-refractivity contribution in [3.8, 4) is 11.7 Å². The van der Waals surface area contributed by atoms with E-state index in [1.165, 1.54) is 0 Å². The standard InChI is InChI=1S/C16H18N2O3/c17-12-5-4-10-18(11-12)16(19)14-8-9-15(21-14)20-13-6-2-1-3-7-13/h1-3,6-9,12H,4-5,10-11,17H2. The van der Waals surface area contributed by atoms with Crippen LogP contribution in [-0.4, -0.2) is 29.9 Å². The van der Waals surface area contributed by atoms with Crippen LogP contribution in [0.25, 0.3) is 0 Å². The third-order valence-electron chi connectivity index (χ3n) is 3.50. The SMILES string of the molecule is NC1CCCN(C(=O)c2ccc(Oc3ccccc3)o2)C1. The molecule has 3 rings (SSSR count). The molecule has 2 heterocycles. The number of rotatable bonds is 3. The Morgan fingerprint density at radius 3 is 2.81 bits per heavy atom. The van der Waals surface area contributed by atoms with Crippen LogP contribution in [0.15, 0.2) is 46.9 Å². The third kappa shape index (κ3) is 3.25. The smallest absolute Gasteiger partial charge is 0.290 e. The van der Waals surface area contributed by atoms with Gasteiger partial charge in [0.15, 0.2) is 5.76 Å². The number of carbonyl (C=O) groups excluding carboxylic acids is 1. The van der Waals surface area contributed by atoms with Crippen LogP contribution in [0, 0.1) is 0 Å². The van der Waals surface area contributed by atoms with E-state index in [1.807, 2.05) is 30.3 Å². The molecule has 0 bridgehead atoms. The molecule has 1 saturated heterocycles. The van der Waals surface area contributed by atoms with Gasteiger partial charge in [-0.2, -0.15) is 0 Å². The fourth-order valence-corrected chi connectivity index (χ4v) is 2.44. The van der Waals surface area contributed by atoms with Gasteiger partial charge in [-0.15, -0.1) is 0 Å². The summed E-state index contributed by atoms with van der Waals surface area (Å²) in [6, 6.07) is 12.7. The molecule has 21 heavy (non-hydrogen) atoms. The van der Waals surface area contributed by atoms with Crippen LogP contribution in [0.4, 0.5) is 0 Å². The lowest BCUT2D eigenvalue weighted by Gasteiger charge is -2.29. The molecule has 1 unspecified atom stereocenters. The average Bonchev–Trinajstić information content (AvgIpc) is 2.96. The van der Waals surface area contributed by atoms with Crippen molar-refractivity contribution < 1.29 is 13.9 Å². The second kappa shape index (κ2) is 6.01. The van der Waals surface area contributed by atoms with Crippen LogP contribution in [0.5, 0.6) is 11.7 Å². The van der Waals surface area contributed by atoms with Gasteiger partial charge in [0.25, 0.3) is 11.9 Å². The van der Waals surface area contributed by atoms with E-state index < -0.39 is 0 Å². The Hall–Kier alpha value is -2.27. The third-order valence-corrected chi connectivity index (χ3v) is 3.50. The summed E-state index contributed by atoms with van der Waals surface area (Å²) in [5.41, 5.74) is 5.90. The van der Waals surface area contributed by atoms with Crippen LogP contribution in [-0.2, 0) is 0 Å². The molecule has 0 spiro atoms. The Labute approximate surface area is 123 Å². The zero-order valence-corrected chi connectivity index (χ0v) is 11.7. The molecule has 1 aliphatic heterocycles. The Kier molecular flexibility index (Phi) is 3.92. The highest BCUT2D eigenvalue weighted by Gasteiger charge is 2.24. The molecule has 1 aliphatic rings. The molecule has 0 aliphatic carbocycles. The molecule has 1 amide bonds. The molecule has 0 radical (unpaired) electrons. The first-order valence-electron chi connectivity index (χ1n) is 7.10. The van der Waals surface area contributed by atoms with Gasteiger partial charge in [0.2, 0.25) is 0 Å². The number of likely N-dealkylation sites (tertiary alicyclic amines) is 1. The van der Waals surface area contributed by atoms with E-state index >= 15 is 0 Å². The monoisotopic (exact) mass is 286 g/mol. The molecule has 1 atom stereocenters. The minimum atomic E-state index is -0.131. The summed E-state index contributed by atoms with van der Waals surface area (Å²) in [5.74, 6) is 1.14. The van der Waals surface area contributed by atoms with Gasteiger partial charge in [-0.1, -0.05) is 18.2 Å². The summed E-state index contributed by atoms with van der Waals surface area (Å²) >= 11 is 0. The number of amides is 1. The summed E-state index contributed by atoms with van der Waals surface area (Å²) < 4.78 is 11.0. The molecular weight excluding hydrogens is 268 g/mol. The molecule has 2 aromatic rings. The van der Waals surface area contributed by atoms with Gasteiger partial charge < -0.3 is 19.8 Å². The van der Waals surface area contributed by atoms with E-state index in [9.17, 15) is 4.79 Å². The second-order valence-corrected chi connectivity index (χ2v) is 5.19. The Bertz CT molecular complexity index is 609. The second-order valence-electron chi connectivity index (χ2n) is 5.19. The van der Waals surface area contributed by atoms with Crippen molar-refractivity contribution in [1.29, 1.82) is 0 Å². The number of hydrogen-bond acceptors (Lipinski definition) is 4. The quantitative estimate of drug-likeness (QED) is 0.941. The summed E-state index contributed by atoms with van der Waals surface area (Å²) in [4.78, 5) is 14.1. The summed E-state index contributed by atoms with van der Waals surface area (Å²) in [6.45, 7) is 1.30. The van der Waals surface area contributed by atoms with Gasteiger partial charge in [-0.3, -0.25) is 4.79 Å². The summed E-state index contributed by atoms with van der Waals surface area (Å²) in [5, 5.41) is 0. The number of para-hydroxylation sites is 1. The van der Waals surface area contributed by atoms with Crippen molar-refractivity contribution in [2.45, 2.75) is 18.9 Å². The number of nitrogens with two attached hydrogens (primary N) is 1. The lowest BCUT2D eigenvalue weighted by molar-refractivity contribution is 0.0671. The predicted molar refractivity (Wildman–Crippen MR) is 78.3 cm³/mol. The van der Waals surface area contributed by atoms with Crippen LogP contribution >= 0.6 is 0 Å². The van der Waals surface area contributed by atoms with Gasteiger partial charge in [0.1, 0.15) is 5.75 Å². The highest BCUT2D eigenvalue weighted by Crippen LogP contribution is 2.24. The maximum absolute atomic E-state index is 12.3. The molecule has 1 fully saturated rings. The normalized spacial score (nSPS) is 18.5. The van der Waals surface area contributed by atoms with E-state index in [1.54, 1.807) is 17.0 Å². The van der Waals surface area contributed by atoms with E-state index in [2.05, 4.69) is 0 Å². The molecule has 5 nitrogen and oxygen atoms in total. The molecule has 1 aromatic heterocycles. The fourth-order valence-electron chi connectivity index (χ4n) is 2.44. The van der Waals surface area contributed by atoms with Crippen molar-refractivity contribution in [2.24, 2.45) is 5.73 Å². The minimum Gasteiger partial charge on any atom is -0.426 e. The molecule has 2 N–H and O–H groups in total. The first kappa shape index (κ1) is 13.7. The van der Waals surface area contributed by atoms with E-state index in [0.717, 1.165) is 19.4 Å². The zero-order chi connectivity index (χ0) is 14.7. The van der Waals surface area contributed by atoms with Crippen LogP contribution in [0.2, 0.25) is 0 Å². The average molecular weight is 286 g/mol. The van der Waals surface area contributed by atoms with Gasteiger partial charge in [0.05, 0.1) is 0 Å². The summed E-state index contributed by atoms with van der Waals surface area (Å²) in [6.07, 6.45) is 1.89. The van der Waals surface area contributed by atoms with Crippen molar-refractivity contribution in [3.05, 3.63) is 48.2 Å². The molecular formula is C16H18N2O3. The van der Waals surface area contributed by atoms with Crippen LogP contribution in [0.1, 0.15) is 23.4 Å². The number of nitrogens with zero attached hydrogens (tertiary/aromatic N) is 1. The highest BCUT2D eigenvalue weighted by atomic mass is 16.6. The fraction of sp³-hybridized carbons (Fsp3) is 0.312. The maximum atomic E-state index is 12.3. The van der Waals surface area contributed by atoms with E-state index in [4.69, 9.17) is 14.9 Å². The van der Waals surface area contributed by atoms with Crippen LogP contribution in [0.3, 0.4) is 0 Å². The number of hydrogen-bond donors (Lipinski definition) is 1. The van der Waals surface area contributed by atoms with Gasteiger partial charge >= 0.3 is 0 Å². The van der Waals surface area contributed by atoms with Crippen molar-refractivity contribution in [2.75, 3.05) is 13.1 Å². The zero-order valence-electron chi connectivity index (χ0n) is 11.7. The number of benzene rings is 1. The molecule has 0 saturated carbocycles. The van der Waals surface area contributed by atoms with Gasteiger partial charge in [-0.05, 0) is 31.0 Å². The Balaban J connectivity index is 1.68. The lowest BCUT2D eigenvalue weighted by atomic mass is 10.1. The lowest BCUT2D eigenvalue weighted by Crippen LogP contribution is -2.45. The van der Waals surface area contributed by atoms with Gasteiger partial charge in [-0.25, -0.2) is 0 Å². The van der Waals surface area contributed by atoms with E-state index in [-0.39, 0.29) is 17.7 Å². The number of furan rings is 1. The number of piperidine rings is 1. The predicted octanol–water partition coefficient (Wildman–Crippen LogP) is 2.64. The van der Waals surface area contributed by atoms with Crippen LogP contribution < -0.4 is 10.5 Å². The topological polar surface area (TPSA) is 68.7 Å². The first-order chi connectivity index (χ1) is 10.2. The van der Waals surface area contributed by atoms with Gasteiger partial charge in [0, 0.05) is 25.2 Å².